The lowest BCUT2D eigenvalue weighted by Gasteiger charge is -2.07. The summed E-state index contributed by atoms with van der Waals surface area (Å²) in [6.07, 6.45) is 0. The van der Waals surface area contributed by atoms with Gasteiger partial charge in [-0.2, -0.15) is 0 Å². The second-order valence-corrected chi connectivity index (χ2v) is 7.04. The van der Waals surface area contributed by atoms with E-state index in [0.29, 0.717) is 22.0 Å². The van der Waals surface area contributed by atoms with Gasteiger partial charge in [0.1, 0.15) is 5.82 Å². The molecule has 0 unspecified atom stereocenters. The van der Waals surface area contributed by atoms with Crippen LogP contribution in [0.1, 0.15) is 44.9 Å². The second kappa shape index (κ2) is 7.29. The lowest BCUT2D eigenvalue weighted by molar-refractivity contribution is 0.101. The smallest absolute Gasteiger partial charge is 0.196 e. The van der Waals surface area contributed by atoms with Crippen molar-refractivity contribution in [2.45, 2.75) is 32.9 Å². The van der Waals surface area contributed by atoms with Crippen molar-refractivity contribution in [3.8, 4) is 5.69 Å². The quantitative estimate of drug-likeness (QED) is 0.530. The lowest BCUT2D eigenvalue weighted by atomic mass is 10.1. The highest BCUT2D eigenvalue weighted by Crippen LogP contribution is 2.24. The molecule has 0 bridgehead atoms. The number of carbonyl (C=O) groups excluding carboxylic acids is 2. The van der Waals surface area contributed by atoms with Gasteiger partial charge in [0.05, 0.1) is 11.4 Å². The first-order valence-electron chi connectivity index (χ1n) is 8.23. The van der Waals surface area contributed by atoms with Crippen molar-refractivity contribution in [1.29, 1.82) is 0 Å². The first-order valence-corrected chi connectivity index (χ1v) is 9.22. The minimum absolute atomic E-state index is 0.0394. The Morgan fingerprint density at radius 3 is 2.42 bits per heavy atom. The predicted octanol–water partition coefficient (Wildman–Crippen LogP) is 3.70. The molecule has 2 heterocycles. The van der Waals surface area contributed by atoms with E-state index in [1.165, 1.54) is 18.7 Å². The molecule has 0 saturated heterocycles. The Bertz CT molecular complexity index is 973. The van der Waals surface area contributed by atoms with Crippen LogP contribution >= 0.6 is 11.8 Å². The molecule has 1 N–H and O–H groups in total. The van der Waals surface area contributed by atoms with Gasteiger partial charge in [-0.25, -0.2) is 0 Å². The first-order chi connectivity index (χ1) is 12.4. The third kappa shape index (κ3) is 3.35. The van der Waals surface area contributed by atoms with Crippen LogP contribution in [-0.4, -0.2) is 37.1 Å². The Kier molecular flexibility index (Phi) is 5.08. The Morgan fingerprint density at radius 1 is 1.12 bits per heavy atom. The monoisotopic (exact) mass is 368 g/mol. The average molecular weight is 368 g/mol. The Hall–Kier alpha value is -2.67. The number of H-pyrrole nitrogens is 1. The highest BCUT2D eigenvalue weighted by molar-refractivity contribution is 7.99. The topological polar surface area (TPSA) is 80.6 Å². The third-order valence-corrected chi connectivity index (χ3v) is 5.14. The first kappa shape index (κ1) is 18.1. The number of hydrogen-bond acceptors (Lipinski definition) is 5. The zero-order valence-corrected chi connectivity index (χ0v) is 16.0. The normalized spacial score (nSPS) is 10.9. The van der Waals surface area contributed by atoms with Crippen LogP contribution in [0, 0.1) is 20.8 Å². The van der Waals surface area contributed by atoms with Gasteiger partial charge in [-0.15, -0.1) is 10.2 Å². The summed E-state index contributed by atoms with van der Waals surface area (Å²) >= 11 is 1.33. The van der Waals surface area contributed by atoms with Crippen LogP contribution in [0.25, 0.3) is 5.69 Å². The Balaban J connectivity index is 1.82. The molecule has 0 radical (unpaired) electrons. The lowest BCUT2D eigenvalue weighted by Crippen LogP contribution is -2.07. The summed E-state index contributed by atoms with van der Waals surface area (Å²) in [5.41, 5.74) is 3.48. The summed E-state index contributed by atoms with van der Waals surface area (Å²) in [4.78, 5) is 27.5. The third-order valence-electron chi connectivity index (χ3n) is 4.21. The summed E-state index contributed by atoms with van der Waals surface area (Å²) < 4.78 is 1.92. The molecule has 7 heteroatoms. The molecule has 6 nitrogen and oxygen atoms in total. The summed E-state index contributed by atoms with van der Waals surface area (Å²) in [7, 11) is 0. The number of rotatable bonds is 6. The molecule has 26 heavy (non-hydrogen) atoms. The minimum atomic E-state index is -0.0663. The molecule has 0 saturated carbocycles. The van der Waals surface area contributed by atoms with Crippen molar-refractivity contribution in [1.82, 2.24) is 19.7 Å². The van der Waals surface area contributed by atoms with Gasteiger partial charge in [-0.05, 0) is 45.4 Å². The molecule has 0 fully saturated rings. The van der Waals surface area contributed by atoms with Crippen molar-refractivity contribution in [3.63, 3.8) is 0 Å². The molecule has 134 valence electrons. The van der Waals surface area contributed by atoms with Crippen LogP contribution < -0.4 is 0 Å². The van der Waals surface area contributed by atoms with Gasteiger partial charge in [0.2, 0.25) is 0 Å². The zero-order valence-electron chi connectivity index (χ0n) is 15.2. The number of aryl methyl sites for hydroxylation is 2. The fourth-order valence-corrected chi connectivity index (χ4v) is 3.94. The van der Waals surface area contributed by atoms with E-state index in [2.05, 4.69) is 15.2 Å². The average Bonchev–Trinajstić information content (AvgIpc) is 3.12. The molecule has 0 spiro atoms. The number of nitrogens with one attached hydrogen (secondary N) is 1. The summed E-state index contributed by atoms with van der Waals surface area (Å²) in [6.45, 7) is 7.00. The number of aromatic amines is 1. The van der Waals surface area contributed by atoms with E-state index in [-0.39, 0.29) is 17.3 Å². The second-order valence-electron chi connectivity index (χ2n) is 6.09. The number of benzene rings is 1. The van der Waals surface area contributed by atoms with E-state index >= 15 is 0 Å². The van der Waals surface area contributed by atoms with Crippen LogP contribution in [0.15, 0.2) is 35.5 Å². The number of Topliss-reactive ketones (excluding diaryl/α,β-unsaturated/α-hetero) is 2. The van der Waals surface area contributed by atoms with Crippen LogP contribution in [-0.2, 0) is 0 Å². The molecule has 0 aliphatic carbocycles. The van der Waals surface area contributed by atoms with Gasteiger partial charge in [0.15, 0.2) is 16.7 Å². The number of para-hydroxylation sites is 1. The highest BCUT2D eigenvalue weighted by atomic mass is 32.2. The van der Waals surface area contributed by atoms with Crippen LogP contribution in [0.3, 0.4) is 0 Å². The van der Waals surface area contributed by atoms with Crippen molar-refractivity contribution < 1.29 is 9.59 Å². The number of thioether (sulfide) groups is 1. The SMILES string of the molecule is CC(=O)c1c(C)[nH]c(C(=O)CSc2nnc(C)n2-c2ccccc2)c1C. The van der Waals surface area contributed by atoms with Crippen molar-refractivity contribution >= 4 is 23.3 Å². The number of hydrogen-bond donors (Lipinski definition) is 1. The van der Waals surface area contributed by atoms with Crippen LogP contribution in [0.5, 0.6) is 0 Å². The molecular weight excluding hydrogens is 348 g/mol. The van der Waals surface area contributed by atoms with Gasteiger partial charge in [-0.1, -0.05) is 30.0 Å². The van der Waals surface area contributed by atoms with Gasteiger partial charge < -0.3 is 4.98 Å². The standard InChI is InChI=1S/C19H20N4O2S/c1-11-17(13(3)24)12(2)20-18(11)16(25)10-26-19-22-21-14(4)23(19)15-8-6-5-7-9-15/h5-9,20H,10H2,1-4H3. The molecule has 3 aromatic rings. The van der Waals surface area contributed by atoms with Crippen LogP contribution in [0.2, 0.25) is 0 Å². The molecule has 0 aliphatic rings. The van der Waals surface area contributed by atoms with E-state index < -0.39 is 0 Å². The molecule has 1 aromatic carbocycles. The Morgan fingerprint density at radius 2 is 1.81 bits per heavy atom. The van der Waals surface area contributed by atoms with Gasteiger partial charge >= 0.3 is 0 Å². The Labute approximate surface area is 156 Å². The fourth-order valence-electron chi connectivity index (χ4n) is 3.07. The summed E-state index contributed by atoms with van der Waals surface area (Å²) in [5.74, 6) is 0.867. The van der Waals surface area contributed by atoms with E-state index in [1.54, 1.807) is 6.92 Å². The minimum Gasteiger partial charge on any atom is -0.355 e. The number of carbonyl (C=O) groups is 2. The van der Waals surface area contributed by atoms with E-state index in [9.17, 15) is 9.59 Å². The van der Waals surface area contributed by atoms with Gasteiger partial charge in [-0.3, -0.25) is 14.2 Å². The molecule has 0 amide bonds. The van der Waals surface area contributed by atoms with Crippen molar-refractivity contribution in [3.05, 3.63) is 58.7 Å². The van der Waals surface area contributed by atoms with Crippen LogP contribution in [0.4, 0.5) is 0 Å². The van der Waals surface area contributed by atoms with Gasteiger partial charge in [0, 0.05) is 16.9 Å². The van der Waals surface area contributed by atoms with E-state index in [4.69, 9.17) is 0 Å². The molecule has 3 rings (SSSR count). The van der Waals surface area contributed by atoms with Crippen molar-refractivity contribution in [2.24, 2.45) is 0 Å². The number of aromatic nitrogens is 4. The fraction of sp³-hybridized carbons (Fsp3) is 0.263. The number of ketones is 2. The molecule has 0 aliphatic heterocycles. The maximum Gasteiger partial charge on any atom is 0.196 e. The summed E-state index contributed by atoms with van der Waals surface area (Å²) in [5, 5.41) is 8.98. The van der Waals surface area contributed by atoms with Crippen molar-refractivity contribution in [2.75, 3.05) is 5.75 Å². The summed E-state index contributed by atoms with van der Waals surface area (Å²) in [6, 6.07) is 9.79. The predicted molar refractivity (Wildman–Crippen MR) is 101 cm³/mol. The number of nitrogens with zero attached hydrogens (tertiary/aromatic N) is 3. The maximum atomic E-state index is 12.7. The van der Waals surface area contributed by atoms with E-state index in [0.717, 1.165) is 17.2 Å². The molecule has 0 atom stereocenters. The zero-order chi connectivity index (χ0) is 18.8. The van der Waals surface area contributed by atoms with E-state index in [1.807, 2.05) is 48.7 Å². The molecule has 2 aromatic heterocycles. The van der Waals surface area contributed by atoms with Gasteiger partial charge in [0.25, 0.3) is 0 Å². The largest absolute Gasteiger partial charge is 0.355 e. The highest BCUT2D eigenvalue weighted by Gasteiger charge is 2.21. The maximum absolute atomic E-state index is 12.7. The molecular formula is C19H20N4O2S.